The fourth-order valence-electron chi connectivity index (χ4n) is 4.70. The Hall–Kier alpha value is -3.46. The lowest BCUT2D eigenvalue weighted by molar-refractivity contribution is 0.384. The molecule has 0 aliphatic carbocycles. The summed E-state index contributed by atoms with van der Waals surface area (Å²) in [7, 11) is -3.45. The molecule has 9 heteroatoms. The number of piperazine rings is 1. The maximum Gasteiger partial charge on any atom is 0.277 e. The van der Waals surface area contributed by atoms with E-state index in [-0.39, 0.29) is 11.3 Å². The molecule has 7 nitrogen and oxygen atoms in total. The standard InChI is InChI=1S/C29H29ClN4O3S/c1-22-10-12-23(13-11-22)18-27-28(20-31-34(29(27)35)26-9-5-8-25(30)19-26)32-14-16-33(17-15-32)38(36,37)21-24-6-3-2-4-7-24/h2-13,19-20H,14-18,21H2,1H3. The number of benzene rings is 3. The van der Waals surface area contributed by atoms with Crippen LogP contribution in [0.15, 0.2) is 89.9 Å². The van der Waals surface area contributed by atoms with E-state index < -0.39 is 10.0 Å². The van der Waals surface area contributed by atoms with Gasteiger partial charge in [0.15, 0.2) is 0 Å². The Morgan fingerprint density at radius 3 is 2.26 bits per heavy atom. The molecular formula is C29H29ClN4O3S. The minimum Gasteiger partial charge on any atom is -0.367 e. The van der Waals surface area contributed by atoms with Gasteiger partial charge >= 0.3 is 0 Å². The van der Waals surface area contributed by atoms with Gasteiger partial charge < -0.3 is 4.90 Å². The lowest BCUT2D eigenvalue weighted by atomic mass is 10.0. The number of hydrogen-bond donors (Lipinski definition) is 0. The van der Waals surface area contributed by atoms with Crippen LogP contribution in [0.1, 0.15) is 22.3 Å². The van der Waals surface area contributed by atoms with E-state index in [2.05, 4.69) is 10.00 Å². The van der Waals surface area contributed by atoms with Crippen molar-refractivity contribution in [3.05, 3.63) is 123 Å². The van der Waals surface area contributed by atoms with Crippen molar-refractivity contribution in [3.8, 4) is 5.69 Å². The zero-order valence-electron chi connectivity index (χ0n) is 21.1. The monoisotopic (exact) mass is 548 g/mol. The van der Waals surface area contributed by atoms with Crippen LogP contribution < -0.4 is 10.5 Å². The molecule has 1 aromatic heterocycles. The second-order valence-electron chi connectivity index (χ2n) is 9.50. The number of hydrogen-bond acceptors (Lipinski definition) is 5. The lowest BCUT2D eigenvalue weighted by Gasteiger charge is -2.36. The summed E-state index contributed by atoms with van der Waals surface area (Å²) in [6, 6.07) is 24.4. The fourth-order valence-corrected chi connectivity index (χ4v) is 6.40. The van der Waals surface area contributed by atoms with E-state index >= 15 is 0 Å². The van der Waals surface area contributed by atoms with Crippen molar-refractivity contribution < 1.29 is 8.42 Å². The first kappa shape index (κ1) is 26.2. The van der Waals surface area contributed by atoms with Crippen LogP contribution >= 0.6 is 11.6 Å². The molecule has 5 rings (SSSR count). The molecule has 196 valence electrons. The van der Waals surface area contributed by atoms with Crippen LogP contribution in [0, 0.1) is 6.92 Å². The van der Waals surface area contributed by atoms with E-state index in [9.17, 15) is 13.2 Å². The van der Waals surface area contributed by atoms with Crippen LogP contribution in [-0.4, -0.2) is 48.7 Å². The number of anilines is 1. The van der Waals surface area contributed by atoms with Gasteiger partial charge in [-0.25, -0.2) is 8.42 Å². The van der Waals surface area contributed by atoms with Crippen molar-refractivity contribution in [2.45, 2.75) is 19.1 Å². The molecule has 2 heterocycles. The van der Waals surface area contributed by atoms with Gasteiger partial charge in [0, 0.05) is 43.2 Å². The third kappa shape index (κ3) is 5.83. The van der Waals surface area contributed by atoms with Crippen molar-refractivity contribution >= 4 is 27.3 Å². The van der Waals surface area contributed by atoms with Crippen molar-refractivity contribution in [1.29, 1.82) is 0 Å². The minimum absolute atomic E-state index is 0.0241. The number of sulfonamides is 1. The van der Waals surface area contributed by atoms with Crippen molar-refractivity contribution in [3.63, 3.8) is 0 Å². The SMILES string of the molecule is Cc1ccc(Cc2c(N3CCN(S(=O)(=O)Cc4ccccc4)CC3)cnn(-c3cccc(Cl)c3)c2=O)cc1. The largest absolute Gasteiger partial charge is 0.367 e. The normalized spacial score (nSPS) is 14.5. The molecule has 0 spiro atoms. The number of aryl methyl sites for hydroxylation is 1. The van der Waals surface area contributed by atoms with Gasteiger partial charge in [-0.05, 0) is 36.2 Å². The number of aromatic nitrogens is 2. The molecule has 0 saturated carbocycles. The molecule has 4 aromatic rings. The molecular weight excluding hydrogens is 520 g/mol. The summed E-state index contributed by atoms with van der Waals surface area (Å²) in [6.45, 7) is 3.65. The van der Waals surface area contributed by atoms with E-state index in [1.165, 1.54) is 8.99 Å². The average molecular weight is 549 g/mol. The Morgan fingerprint density at radius 1 is 0.868 bits per heavy atom. The van der Waals surface area contributed by atoms with Crippen molar-refractivity contribution in [2.24, 2.45) is 0 Å². The summed E-state index contributed by atoms with van der Waals surface area (Å²) in [5.74, 6) is -0.0241. The second-order valence-corrected chi connectivity index (χ2v) is 11.9. The summed E-state index contributed by atoms with van der Waals surface area (Å²) in [6.07, 6.45) is 2.14. The van der Waals surface area contributed by atoms with Gasteiger partial charge in [-0.2, -0.15) is 14.1 Å². The van der Waals surface area contributed by atoms with Gasteiger partial charge in [-0.15, -0.1) is 0 Å². The summed E-state index contributed by atoms with van der Waals surface area (Å²) >= 11 is 6.18. The van der Waals surface area contributed by atoms with Crippen LogP contribution in [0.4, 0.5) is 5.69 Å². The van der Waals surface area contributed by atoms with Gasteiger partial charge in [0.05, 0.1) is 23.3 Å². The molecule has 1 aliphatic rings. The van der Waals surface area contributed by atoms with Crippen LogP contribution in [0.25, 0.3) is 5.69 Å². The number of nitrogens with zero attached hydrogens (tertiary/aromatic N) is 4. The van der Waals surface area contributed by atoms with Crippen LogP contribution in [-0.2, 0) is 22.2 Å². The first-order valence-electron chi connectivity index (χ1n) is 12.5. The fraction of sp³-hybridized carbons (Fsp3) is 0.241. The predicted octanol–water partition coefficient (Wildman–Crippen LogP) is 4.44. The maximum atomic E-state index is 13.8. The van der Waals surface area contributed by atoms with Crippen LogP contribution in [0.5, 0.6) is 0 Å². The molecule has 0 amide bonds. The Morgan fingerprint density at radius 2 is 1.58 bits per heavy atom. The molecule has 1 saturated heterocycles. The molecule has 0 unspecified atom stereocenters. The van der Waals surface area contributed by atoms with Gasteiger partial charge in [-0.3, -0.25) is 4.79 Å². The molecule has 0 radical (unpaired) electrons. The minimum atomic E-state index is -3.45. The highest BCUT2D eigenvalue weighted by Gasteiger charge is 2.29. The third-order valence-corrected chi connectivity index (χ3v) is 8.86. The van der Waals surface area contributed by atoms with Crippen molar-refractivity contribution in [1.82, 2.24) is 14.1 Å². The Labute approximate surface area is 228 Å². The first-order valence-corrected chi connectivity index (χ1v) is 14.5. The molecule has 1 fully saturated rings. The molecule has 0 bridgehead atoms. The second kappa shape index (κ2) is 11.1. The highest BCUT2D eigenvalue weighted by Crippen LogP contribution is 2.24. The first-order chi connectivity index (χ1) is 18.3. The van der Waals surface area contributed by atoms with Gasteiger partial charge in [0.1, 0.15) is 0 Å². The molecule has 1 aliphatic heterocycles. The summed E-state index contributed by atoms with van der Waals surface area (Å²) < 4.78 is 29.0. The highest BCUT2D eigenvalue weighted by atomic mass is 35.5. The molecule has 38 heavy (non-hydrogen) atoms. The molecule has 0 atom stereocenters. The van der Waals surface area contributed by atoms with E-state index in [1.54, 1.807) is 30.5 Å². The van der Waals surface area contributed by atoms with E-state index in [4.69, 9.17) is 11.6 Å². The van der Waals surface area contributed by atoms with E-state index in [1.807, 2.05) is 61.5 Å². The quantitative estimate of drug-likeness (QED) is 0.341. The highest BCUT2D eigenvalue weighted by molar-refractivity contribution is 7.88. The summed E-state index contributed by atoms with van der Waals surface area (Å²) in [4.78, 5) is 15.8. The van der Waals surface area contributed by atoms with E-state index in [0.29, 0.717) is 48.9 Å². The van der Waals surface area contributed by atoms with E-state index in [0.717, 1.165) is 22.4 Å². The van der Waals surface area contributed by atoms with Gasteiger partial charge in [0.2, 0.25) is 10.0 Å². The van der Waals surface area contributed by atoms with Crippen LogP contribution in [0.2, 0.25) is 5.02 Å². The third-order valence-electron chi connectivity index (χ3n) is 6.77. The number of halogens is 1. The molecule has 0 N–H and O–H groups in total. The topological polar surface area (TPSA) is 75.5 Å². The van der Waals surface area contributed by atoms with Gasteiger partial charge in [0.25, 0.3) is 5.56 Å². The van der Waals surface area contributed by atoms with Gasteiger partial charge in [-0.1, -0.05) is 77.8 Å². The number of rotatable bonds is 7. The average Bonchev–Trinajstić information content (AvgIpc) is 2.91. The zero-order chi connectivity index (χ0) is 26.7. The Bertz CT molecular complexity index is 1580. The zero-order valence-corrected chi connectivity index (χ0v) is 22.7. The van der Waals surface area contributed by atoms with Crippen LogP contribution in [0.3, 0.4) is 0 Å². The summed E-state index contributed by atoms with van der Waals surface area (Å²) in [5, 5.41) is 5.00. The molecule has 3 aromatic carbocycles. The predicted molar refractivity (Wildman–Crippen MR) is 152 cm³/mol. The smallest absolute Gasteiger partial charge is 0.277 e. The summed E-state index contributed by atoms with van der Waals surface area (Å²) in [5.41, 5.74) is 4.65. The Kier molecular flexibility index (Phi) is 7.65. The lowest BCUT2D eigenvalue weighted by Crippen LogP contribution is -2.49. The Balaban J connectivity index is 1.43. The van der Waals surface area contributed by atoms with Crippen molar-refractivity contribution in [2.75, 3.05) is 31.1 Å². The maximum absolute atomic E-state index is 13.8.